The third-order valence-electron chi connectivity index (χ3n) is 4.46. The molecule has 29 heavy (non-hydrogen) atoms. The van der Waals surface area contributed by atoms with Crippen LogP contribution in [-0.2, 0) is 4.74 Å². The van der Waals surface area contributed by atoms with Crippen molar-refractivity contribution in [1.82, 2.24) is 10.2 Å². The summed E-state index contributed by atoms with van der Waals surface area (Å²) in [7, 11) is 1.60. The minimum atomic E-state index is -0.473. The van der Waals surface area contributed by atoms with Gasteiger partial charge in [0.05, 0.1) is 20.3 Å². The minimum Gasteiger partial charge on any atom is -0.497 e. The summed E-state index contributed by atoms with van der Waals surface area (Å²) < 4.78 is 15.9. The van der Waals surface area contributed by atoms with Gasteiger partial charge in [-0.15, -0.1) is 5.10 Å². The van der Waals surface area contributed by atoms with Gasteiger partial charge >= 0.3 is 17.8 Å². The van der Waals surface area contributed by atoms with Gasteiger partial charge in [0.1, 0.15) is 5.75 Å². The summed E-state index contributed by atoms with van der Waals surface area (Å²) in [4.78, 5) is 14.6. The minimum absolute atomic E-state index is 0.127. The molecule has 9 heteroatoms. The molecule has 1 amide bonds. The number of nitrogens with zero attached hydrogens (tertiary/aromatic N) is 3. The first-order valence-corrected chi connectivity index (χ1v) is 9.20. The van der Waals surface area contributed by atoms with E-state index in [1.54, 1.807) is 31.4 Å². The van der Waals surface area contributed by atoms with Crippen LogP contribution in [0.2, 0.25) is 0 Å². The SMILES string of the molecule is COc1ccc(Nc2nnc(C(=O)Nc3ccc(N4CCOCC4)cc3)o2)cc1. The Hall–Kier alpha value is -3.59. The number of rotatable bonds is 6. The lowest BCUT2D eigenvalue weighted by atomic mass is 10.2. The number of amides is 1. The van der Waals surface area contributed by atoms with Gasteiger partial charge < -0.3 is 29.4 Å². The Bertz CT molecular complexity index is 950. The van der Waals surface area contributed by atoms with E-state index in [9.17, 15) is 4.79 Å². The molecule has 0 aliphatic carbocycles. The fourth-order valence-corrected chi connectivity index (χ4v) is 2.93. The van der Waals surface area contributed by atoms with Crippen molar-refractivity contribution in [1.29, 1.82) is 0 Å². The molecule has 0 spiro atoms. The summed E-state index contributed by atoms with van der Waals surface area (Å²) in [6, 6.07) is 14.9. The van der Waals surface area contributed by atoms with Gasteiger partial charge in [0.15, 0.2) is 0 Å². The van der Waals surface area contributed by atoms with Gasteiger partial charge in [0, 0.05) is 30.2 Å². The Morgan fingerprint density at radius 2 is 1.69 bits per heavy atom. The van der Waals surface area contributed by atoms with E-state index in [0.717, 1.165) is 43.4 Å². The molecule has 0 saturated carbocycles. The maximum atomic E-state index is 12.4. The van der Waals surface area contributed by atoms with E-state index < -0.39 is 5.91 Å². The van der Waals surface area contributed by atoms with Crippen LogP contribution in [0, 0.1) is 0 Å². The number of carbonyl (C=O) groups is 1. The molecule has 1 aromatic heterocycles. The molecule has 3 aromatic rings. The smallest absolute Gasteiger partial charge is 0.320 e. The molecule has 2 aromatic carbocycles. The Morgan fingerprint density at radius 1 is 1.00 bits per heavy atom. The second-order valence-electron chi connectivity index (χ2n) is 6.37. The molecule has 1 saturated heterocycles. The van der Waals surface area contributed by atoms with E-state index in [1.165, 1.54) is 0 Å². The summed E-state index contributed by atoms with van der Waals surface area (Å²) in [5, 5.41) is 13.4. The largest absolute Gasteiger partial charge is 0.497 e. The van der Waals surface area contributed by atoms with E-state index >= 15 is 0 Å². The van der Waals surface area contributed by atoms with Crippen molar-refractivity contribution in [3.8, 4) is 5.75 Å². The van der Waals surface area contributed by atoms with Crippen LogP contribution >= 0.6 is 0 Å². The van der Waals surface area contributed by atoms with Crippen LogP contribution in [-0.4, -0.2) is 49.5 Å². The van der Waals surface area contributed by atoms with E-state index in [2.05, 4.69) is 25.7 Å². The molecule has 1 fully saturated rings. The van der Waals surface area contributed by atoms with Crippen LogP contribution in [0.5, 0.6) is 5.75 Å². The zero-order valence-electron chi connectivity index (χ0n) is 15.9. The molecule has 2 N–H and O–H groups in total. The van der Waals surface area contributed by atoms with Crippen molar-refractivity contribution in [2.75, 3.05) is 48.9 Å². The average molecular weight is 395 g/mol. The lowest BCUT2D eigenvalue weighted by Crippen LogP contribution is -2.36. The zero-order chi connectivity index (χ0) is 20.1. The van der Waals surface area contributed by atoms with Crippen LogP contribution in [0.4, 0.5) is 23.1 Å². The summed E-state index contributed by atoms with van der Waals surface area (Å²) in [6.07, 6.45) is 0. The highest BCUT2D eigenvalue weighted by molar-refractivity contribution is 6.01. The topological polar surface area (TPSA) is 102 Å². The standard InChI is InChI=1S/C20H21N5O4/c1-27-17-8-4-15(5-9-17)22-20-24-23-19(29-20)18(26)21-14-2-6-16(7-3-14)25-10-12-28-13-11-25/h2-9H,10-13H2,1H3,(H,21,26)(H,22,24). The molecule has 2 heterocycles. The van der Waals surface area contributed by atoms with Crippen molar-refractivity contribution >= 4 is 29.0 Å². The summed E-state index contributed by atoms with van der Waals surface area (Å²) >= 11 is 0. The highest BCUT2D eigenvalue weighted by Crippen LogP contribution is 2.21. The molecule has 0 unspecified atom stereocenters. The van der Waals surface area contributed by atoms with Crippen molar-refractivity contribution in [3.05, 3.63) is 54.4 Å². The molecule has 9 nitrogen and oxygen atoms in total. The number of carbonyl (C=O) groups excluding carboxylic acids is 1. The quantitative estimate of drug-likeness (QED) is 0.657. The second kappa shape index (κ2) is 8.61. The Labute approximate surface area is 167 Å². The van der Waals surface area contributed by atoms with Gasteiger partial charge in [-0.25, -0.2) is 0 Å². The van der Waals surface area contributed by atoms with E-state index in [0.29, 0.717) is 5.69 Å². The molecule has 4 rings (SSSR count). The summed E-state index contributed by atoms with van der Waals surface area (Å²) in [6.45, 7) is 3.17. The molecule has 1 aliphatic heterocycles. The first kappa shape index (κ1) is 18.8. The van der Waals surface area contributed by atoms with Crippen molar-refractivity contribution in [3.63, 3.8) is 0 Å². The molecule has 0 radical (unpaired) electrons. The normalized spacial score (nSPS) is 13.8. The molecule has 1 aliphatic rings. The van der Waals surface area contributed by atoms with Gasteiger partial charge in [-0.05, 0) is 48.5 Å². The monoisotopic (exact) mass is 395 g/mol. The second-order valence-corrected chi connectivity index (χ2v) is 6.37. The van der Waals surface area contributed by atoms with E-state index in [-0.39, 0.29) is 11.9 Å². The number of hydrogen-bond donors (Lipinski definition) is 2. The van der Waals surface area contributed by atoms with Crippen molar-refractivity contribution in [2.45, 2.75) is 0 Å². The number of methoxy groups -OCH3 is 1. The van der Waals surface area contributed by atoms with E-state index in [4.69, 9.17) is 13.9 Å². The van der Waals surface area contributed by atoms with Gasteiger partial charge in [-0.1, -0.05) is 5.10 Å². The number of morpholine rings is 1. The van der Waals surface area contributed by atoms with Gasteiger partial charge in [0.25, 0.3) is 0 Å². The van der Waals surface area contributed by atoms with Crippen LogP contribution < -0.4 is 20.3 Å². The third-order valence-corrected chi connectivity index (χ3v) is 4.46. The summed E-state index contributed by atoms with van der Waals surface area (Å²) in [5.41, 5.74) is 2.48. The predicted molar refractivity (Wildman–Crippen MR) is 108 cm³/mol. The number of nitrogens with one attached hydrogen (secondary N) is 2. The lowest BCUT2D eigenvalue weighted by Gasteiger charge is -2.28. The average Bonchev–Trinajstić information content (AvgIpc) is 3.24. The first-order valence-electron chi connectivity index (χ1n) is 9.20. The number of hydrogen-bond acceptors (Lipinski definition) is 8. The highest BCUT2D eigenvalue weighted by Gasteiger charge is 2.16. The molecular weight excluding hydrogens is 374 g/mol. The van der Waals surface area contributed by atoms with Gasteiger partial charge in [-0.2, -0.15) is 0 Å². The van der Waals surface area contributed by atoms with Gasteiger partial charge in [0.2, 0.25) is 0 Å². The first-order chi connectivity index (χ1) is 14.2. The molecule has 0 atom stereocenters. The van der Waals surface area contributed by atoms with Gasteiger partial charge in [-0.3, -0.25) is 4.79 Å². The van der Waals surface area contributed by atoms with Crippen molar-refractivity contribution < 1.29 is 18.7 Å². The Kier molecular flexibility index (Phi) is 5.57. The van der Waals surface area contributed by atoms with E-state index in [1.807, 2.05) is 24.3 Å². The maximum absolute atomic E-state index is 12.4. The molecule has 150 valence electrons. The zero-order valence-corrected chi connectivity index (χ0v) is 15.9. The lowest BCUT2D eigenvalue weighted by molar-refractivity contribution is 0.0991. The number of anilines is 4. The van der Waals surface area contributed by atoms with Crippen LogP contribution in [0.1, 0.15) is 10.7 Å². The Balaban J connectivity index is 1.36. The Morgan fingerprint density at radius 3 is 2.38 bits per heavy atom. The fourth-order valence-electron chi connectivity index (χ4n) is 2.93. The van der Waals surface area contributed by atoms with Crippen LogP contribution in [0.25, 0.3) is 0 Å². The van der Waals surface area contributed by atoms with Crippen LogP contribution in [0.15, 0.2) is 52.9 Å². The predicted octanol–water partition coefficient (Wildman–Crippen LogP) is 2.91. The molecule has 0 bridgehead atoms. The maximum Gasteiger partial charge on any atom is 0.320 e. The third kappa shape index (κ3) is 4.64. The number of benzene rings is 2. The molecular formula is C20H21N5O4. The number of aromatic nitrogens is 2. The highest BCUT2D eigenvalue weighted by atomic mass is 16.5. The van der Waals surface area contributed by atoms with Crippen molar-refractivity contribution in [2.24, 2.45) is 0 Å². The number of ether oxygens (including phenoxy) is 2. The van der Waals surface area contributed by atoms with Crippen LogP contribution in [0.3, 0.4) is 0 Å². The fraction of sp³-hybridized carbons (Fsp3) is 0.250. The summed E-state index contributed by atoms with van der Waals surface area (Å²) in [5.74, 6) is 0.137.